The van der Waals surface area contributed by atoms with Gasteiger partial charge in [-0.25, -0.2) is 0 Å². The average molecular weight is 199 g/mol. The van der Waals surface area contributed by atoms with E-state index < -0.39 is 0 Å². The van der Waals surface area contributed by atoms with E-state index in [1.165, 1.54) is 24.0 Å². The van der Waals surface area contributed by atoms with E-state index in [9.17, 15) is 0 Å². The zero-order valence-electron chi connectivity index (χ0n) is 9.46. The van der Waals surface area contributed by atoms with Crippen LogP contribution in [-0.2, 0) is 5.54 Å². The summed E-state index contributed by atoms with van der Waals surface area (Å²) in [5.41, 5.74) is 2.96. The average Bonchev–Trinajstić information content (AvgIpc) is 3.00. The van der Waals surface area contributed by atoms with Crippen molar-refractivity contribution >= 4 is 0 Å². The highest BCUT2D eigenvalue weighted by Crippen LogP contribution is 2.50. The first-order valence-electron chi connectivity index (χ1n) is 5.41. The van der Waals surface area contributed by atoms with E-state index in [2.05, 4.69) is 49.1 Å². The maximum Gasteiger partial charge on any atom is 0.0603 e. The number of nitrogens with zero attached hydrogens (tertiary/aromatic N) is 1. The summed E-state index contributed by atoms with van der Waals surface area (Å²) in [6, 6.07) is 8.82. The van der Waals surface area contributed by atoms with Gasteiger partial charge in [0.25, 0.3) is 0 Å². The molecule has 0 saturated heterocycles. The lowest BCUT2D eigenvalue weighted by Gasteiger charge is -2.26. The second-order valence-electron chi connectivity index (χ2n) is 4.46. The molecule has 0 aliphatic heterocycles. The van der Waals surface area contributed by atoms with Gasteiger partial charge in [0, 0.05) is 5.54 Å². The molecule has 1 saturated carbocycles. The van der Waals surface area contributed by atoms with Gasteiger partial charge in [0.2, 0.25) is 0 Å². The molecule has 1 aromatic rings. The van der Waals surface area contributed by atoms with Crippen LogP contribution in [0.1, 0.15) is 24.0 Å². The van der Waals surface area contributed by atoms with Crippen molar-refractivity contribution in [2.24, 2.45) is 0 Å². The van der Waals surface area contributed by atoms with Crippen molar-refractivity contribution < 1.29 is 0 Å². The minimum absolute atomic E-state index is 0.236. The van der Waals surface area contributed by atoms with E-state index in [4.69, 9.17) is 6.42 Å². The molecule has 0 bridgehead atoms. The molecule has 1 heteroatoms. The molecular weight excluding hydrogens is 182 g/mol. The number of hydrogen-bond donors (Lipinski definition) is 0. The third-order valence-corrected chi connectivity index (χ3v) is 3.37. The molecule has 1 aliphatic rings. The van der Waals surface area contributed by atoms with E-state index in [0.29, 0.717) is 0 Å². The smallest absolute Gasteiger partial charge is 0.0603 e. The van der Waals surface area contributed by atoms with Crippen LogP contribution in [0.3, 0.4) is 0 Å². The third kappa shape index (κ3) is 1.78. The number of terminal acetylenes is 1. The predicted octanol–water partition coefficient (Wildman–Crippen LogP) is 2.55. The first kappa shape index (κ1) is 10.3. The minimum Gasteiger partial charge on any atom is -0.286 e. The van der Waals surface area contributed by atoms with Crippen molar-refractivity contribution in [3.63, 3.8) is 0 Å². The Morgan fingerprint density at radius 1 is 1.33 bits per heavy atom. The lowest BCUT2D eigenvalue weighted by Crippen LogP contribution is -2.31. The normalized spacial score (nSPS) is 17.5. The Morgan fingerprint density at radius 2 is 1.93 bits per heavy atom. The molecule has 0 N–H and O–H groups in total. The van der Waals surface area contributed by atoms with Gasteiger partial charge in [0.05, 0.1) is 6.54 Å². The van der Waals surface area contributed by atoms with Gasteiger partial charge >= 0.3 is 0 Å². The monoisotopic (exact) mass is 199 g/mol. The topological polar surface area (TPSA) is 3.24 Å². The van der Waals surface area contributed by atoms with E-state index in [1.54, 1.807) is 0 Å². The second-order valence-corrected chi connectivity index (χ2v) is 4.46. The van der Waals surface area contributed by atoms with Crippen molar-refractivity contribution in [1.82, 2.24) is 4.90 Å². The zero-order valence-corrected chi connectivity index (χ0v) is 9.46. The lowest BCUT2D eigenvalue weighted by molar-refractivity contribution is 0.251. The fourth-order valence-electron chi connectivity index (χ4n) is 2.16. The standard InChI is InChI=1S/C14H17N/c1-4-11-15(3)14(9-10-14)13-7-5-12(2)6-8-13/h1,5-8H,9-11H2,2-3H3. The Labute approximate surface area is 92.1 Å². The maximum absolute atomic E-state index is 5.36. The summed E-state index contributed by atoms with van der Waals surface area (Å²) in [4.78, 5) is 2.29. The van der Waals surface area contributed by atoms with Crippen molar-refractivity contribution in [3.8, 4) is 12.3 Å². The third-order valence-electron chi connectivity index (χ3n) is 3.37. The fourth-order valence-corrected chi connectivity index (χ4v) is 2.16. The van der Waals surface area contributed by atoms with Crippen molar-refractivity contribution in [2.75, 3.05) is 13.6 Å². The van der Waals surface area contributed by atoms with Crippen LogP contribution in [-0.4, -0.2) is 18.5 Å². The Kier molecular flexibility index (Phi) is 2.54. The highest BCUT2D eigenvalue weighted by atomic mass is 15.2. The molecule has 0 unspecified atom stereocenters. The SMILES string of the molecule is C#CCN(C)C1(c2ccc(C)cc2)CC1. The minimum atomic E-state index is 0.236. The molecule has 2 rings (SSSR count). The van der Waals surface area contributed by atoms with Crippen LogP contribution in [0.5, 0.6) is 0 Å². The molecule has 0 radical (unpaired) electrons. The van der Waals surface area contributed by atoms with Gasteiger partial charge in [-0.3, -0.25) is 4.90 Å². The molecule has 1 aromatic carbocycles. The molecule has 0 atom stereocenters. The number of aryl methyl sites for hydroxylation is 1. The Hall–Kier alpha value is -1.26. The molecular formula is C14H17N. The van der Waals surface area contributed by atoms with E-state index in [0.717, 1.165) is 6.54 Å². The van der Waals surface area contributed by atoms with Gasteiger partial charge in [-0.05, 0) is 32.4 Å². The first-order chi connectivity index (χ1) is 7.19. The summed E-state index contributed by atoms with van der Waals surface area (Å²) in [6.07, 6.45) is 7.83. The van der Waals surface area contributed by atoms with Gasteiger partial charge in [0.1, 0.15) is 0 Å². The van der Waals surface area contributed by atoms with Crippen molar-refractivity contribution in [3.05, 3.63) is 35.4 Å². The summed E-state index contributed by atoms with van der Waals surface area (Å²) in [5.74, 6) is 2.72. The number of benzene rings is 1. The van der Waals surface area contributed by atoms with Gasteiger partial charge in [-0.15, -0.1) is 6.42 Å². The highest BCUT2D eigenvalue weighted by Gasteiger charge is 2.47. The molecule has 0 heterocycles. The van der Waals surface area contributed by atoms with Crippen LogP contribution in [0.4, 0.5) is 0 Å². The summed E-state index contributed by atoms with van der Waals surface area (Å²) in [7, 11) is 2.12. The number of hydrogen-bond acceptors (Lipinski definition) is 1. The Bertz CT molecular complexity index is 379. The van der Waals surface area contributed by atoms with E-state index >= 15 is 0 Å². The van der Waals surface area contributed by atoms with Gasteiger partial charge in [0.15, 0.2) is 0 Å². The summed E-state index contributed by atoms with van der Waals surface area (Å²) >= 11 is 0. The molecule has 1 fully saturated rings. The summed E-state index contributed by atoms with van der Waals surface area (Å²) in [6.45, 7) is 2.85. The van der Waals surface area contributed by atoms with Gasteiger partial charge < -0.3 is 0 Å². The second kappa shape index (κ2) is 3.72. The lowest BCUT2D eigenvalue weighted by atomic mass is 10.0. The van der Waals surface area contributed by atoms with Gasteiger partial charge in [-0.1, -0.05) is 35.7 Å². The highest BCUT2D eigenvalue weighted by molar-refractivity contribution is 5.32. The molecule has 0 aromatic heterocycles. The van der Waals surface area contributed by atoms with Crippen LogP contribution in [0, 0.1) is 19.3 Å². The summed E-state index contributed by atoms with van der Waals surface area (Å²) in [5, 5.41) is 0. The Morgan fingerprint density at radius 3 is 2.40 bits per heavy atom. The van der Waals surface area contributed by atoms with Crippen molar-refractivity contribution in [1.29, 1.82) is 0 Å². The number of rotatable bonds is 3. The quantitative estimate of drug-likeness (QED) is 0.676. The van der Waals surface area contributed by atoms with Gasteiger partial charge in [-0.2, -0.15) is 0 Å². The van der Waals surface area contributed by atoms with Crippen LogP contribution in [0.15, 0.2) is 24.3 Å². The molecule has 15 heavy (non-hydrogen) atoms. The summed E-state index contributed by atoms with van der Waals surface area (Å²) < 4.78 is 0. The maximum atomic E-state index is 5.36. The predicted molar refractivity (Wildman–Crippen MR) is 63.6 cm³/mol. The Balaban J connectivity index is 2.23. The van der Waals surface area contributed by atoms with Crippen LogP contribution >= 0.6 is 0 Å². The molecule has 78 valence electrons. The van der Waals surface area contributed by atoms with Crippen LogP contribution in [0.2, 0.25) is 0 Å². The molecule has 1 aliphatic carbocycles. The largest absolute Gasteiger partial charge is 0.286 e. The molecule has 0 amide bonds. The zero-order chi connectivity index (χ0) is 10.9. The van der Waals surface area contributed by atoms with E-state index in [-0.39, 0.29) is 5.54 Å². The van der Waals surface area contributed by atoms with Crippen LogP contribution < -0.4 is 0 Å². The van der Waals surface area contributed by atoms with Crippen LogP contribution in [0.25, 0.3) is 0 Å². The van der Waals surface area contributed by atoms with Crippen molar-refractivity contribution in [2.45, 2.75) is 25.3 Å². The fraction of sp³-hybridized carbons (Fsp3) is 0.429. The molecule has 1 nitrogen and oxygen atoms in total. The first-order valence-corrected chi connectivity index (χ1v) is 5.41. The molecule has 0 spiro atoms. The van der Waals surface area contributed by atoms with E-state index in [1.807, 2.05) is 0 Å².